The van der Waals surface area contributed by atoms with Gasteiger partial charge in [0.05, 0.1) is 23.3 Å². The van der Waals surface area contributed by atoms with E-state index in [9.17, 15) is 19.5 Å². The number of nitrogens with zero attached hydrogens (tertiary/aromatic N) is 1. The second-order valence-corrected chi connectivity index (χ2v) is 9.54. The van der Waals surface area contributed by atoms with Gasteiger partial charge in [0.25, 0.3) is 11.7 Å². The van der Waals surface area contributed by atoms with E-state index in [-0.39, 0.29) is 29.1 Å². The number of hydrogen-bond acceptors (Lipinski definition) is 6. The minimum absolute atomic E-state index is 0.0155. The number of fused-ring (bicyclic) bond motifs is 1. The van der Waals surface area contributed by atoms with Gasteiger partial charge in [-0.1, -0.05) is 36.4 Å². The first-order valence-corrected chi connectivity index (χ1v) is 12.2. The number of Topliss-reactive ketones (excluding diaryl/α,β-unsaturated/α-hetero) is 1. The molecule has 2 unspecified atom stereocenters. The molecule has 5 rings (SSSR count). The summed E-state index contributed by atoms with van der Waals surface area (Å²) in [4.78, 5) is 40.7. The van der Waals surface area contributed by atoms with Crippen LogP contribution in [0.15, 0.2) is 78.4 Å². The Bertz CT molecular complexity index is 1420. The van der Waals surface area contributed by atoms with Crippen LogP contribution in [-0.4, -0.2) is 35.0 Å². The molecule has 2 atom stereocenters. The molecule has 2 aliphatic rings. The normalized spacial score (nSPS) is 20.2. The molecule has 7 heteroatoms. The van der Waals surface area contributed by atoms with Gasteiger partial charge >= 0.3 is 5.97 Å². The Balaban J connectivity index is 1.63. The van der Waals surface area contributed by atoms with Crippen LogP contribution in [0.4, 0.5) is 5.69 Å². The van der Waals surface area contributed by atoms with E-state index in [4.69, 9.17) is 9.47 Å². The van der Waals surface area contributed by atoms with E-state index in [1.807, 2.05) is 13.0 Å². The van der Waals surface area contributed by atoms with E-state index in [2.05, 4.69) is 0 Å². The average molecular weight is 498 g/mol. The van der Waals surface area contributed by atoms with E-state index in [1.54, 1.807) is 74.5 Å². The fraction of sp³-hybridized carbons (Fsp3) is 0.233. The number of rotatable bonds is 5. The molecule has 2 aliphatic heterocycles. The minimum atomic E-state index is -0.888. The van der Waals surface area contributed by atoms with Gasteiger partial charge in [-0.15, -0.1) is 0 Å². The van der Waals surface area contributed by atoms with Gasteiger partial charge < -0.3 is 14.6 Å². The number of aliphatic hydroxyl groups excluding tert-OH is 1. The van der Waals surface area contributed by atoms with Crippen LogP contribution in [0.1, 0.15) is 53.9 Å². The van der Waals surface area contributed by atoms with Gasteiger partial charge in [-0.2, -0.15) is 0 Å². The lowest BCUT2D eigenvalue weighted by Gasteiger charge is -2.26. The van der Waals surface area contributed by atoms with Crippen LogP contribution < -0.4 is 9.64 Å². The molecule has 188 valence electrons. The third-order valence-electron chi connectivity index (χ3n) is 6.43. The van der Waals surface area contributed by atoms with Crippen molar-refractivity contribution < 1.29 is 29.0 Å². The fourth-order valence-electron chi connectivity index (χ4n) is 4.84. The van der Waals surface area contributed by atoms with E-state index in [1.165, 1.54) is 11.0 Å². The number of amides is 1. The zero-order valence-corrected chi connectivity index (χ0v) is 20.8. The molecule has 2 heterocycles. The van der Waals surface area contributed by atoms with Crippen molar-refractivity contribution in [3.05, 3.63) is 101 Å². The monoisotopic (exact) mass is 497 g/mol. The van der Waals surface area contributed by atoms with Gasteiger partial charge in [0.2, 0.25) is 0 Å². The van der Waals surface area contributed by atoms with Crippen LogP contribution >= 0.6 is 0 Å². The molecular formula is C30H27NO6. The summed E-state index contributed by atoms with van der Waals surface area (Å²) in [5.74, 6) is -1.63. The zero-order valence-electron chi connectivity index (χ0n) is 20.8. The third kappa shape index (κ3) is 4.48. The summed E-state index contributed by atoms with van der Waals surface area (Å²) in [5.41, 5.74) is 2.61. The van der Waals surface area contributed by atoms with Crippen LogP contribution in [0.25, 0.3) is 5.76 Å². The van der Waals surface area contributed by atoms with Gasteiger partial charge in [-0.05, 0) is 68.3 Å². The molecule has 1 N–H and O–H groups in total. The van der Waals surface area contributed by atoms with Crippen molar-refractivity contribution in [2.45, 2.75) is 45.4 Å². The number of hydrogen-bond donors (Lipinski definition) is 1. The van der Waals surface area contributed by atoms with Crippen molar-refractivity contribution in [3.8, 4) is 5.75 Å². The highest BCUT2D eigenvalue weighted by molar-refractivity contribution is 6.51. The highest BCUT2D eigenvalue weighted by Gasteiger charge is 2.47. The van der Waals surface area contributed by atoms with Gasteiger partial charge in [-0.25, -0.2) is 4.79 Å². The van der Waals surface area contributed by atoms with Gasteiger partial charge in [0.15, 0.2) is 0 Å². The van der Waals surface area contributed by atoms with Crippen molar-refractivity contribution in [1.29, 1.82) is 0 Å². The molecule has 3 aromatic rings. The molecule has 1 fully saturated rings. The second kappa shape index (κ2) is 9.58. The Morgan fingerprint density at radius 1 is 1.00 bits per heavy atom. The lowest BCUT2D eigenvalue weighted by Crippen LogP contribution is -2.29. The van der Waals surface area contributed by atoms with Crippen molar-refractivity contribution in [1.82, 2.24) is 0 Å². The summed E-state index contributed by atoms with van der Waals surface area (Å²) in [6, 6.07) is 19.8. The summed E-state index contributed by atoms with van der Waals surface area (Å²) in [7, 11) is 0. The smallest absolute Gasteiger partial charge is 0.338 e. The number of carbonyl (C=O) groups excluding carboxylic acids is 3. The second-order valence-electron chi connectivity index (χ2n) is 9.54. The first-order valence-electron chi connectivity index (χ1n) is 12.2. The Morgan fingerprint density at radius 3 is 2.49 bits per heavy atom. The van der Waals surface area contributed by atoms with E-state index < -0.39 is 23.7 Å². The van der Waals surface area contributed by atoms with Crippen molar-refractivity contribution in [3.63, 3.8) is 0 Å². The maximum Gasteiger partial charge on any atom is 0.338 e. The molecule has 7 nitrogen and oxygen atoms in total. The van der Waals surface area contributed by atoms with Crippen molar-refractivity contribution in [2.24, 2.45) is 0 Å². The van der Waals surface area contributed by atoms with Crippen LogP contribution in [0, 0.1) is 0 Å². The van der Waals surface area contributed by atoms with Gasteiger partial charge in [0.1, 0.15) is 17.6 Å². The maximum atomic E-state index is 13.4. The predicted octanol–water partition coefficient (Wildman–Crippen LogP) is 5.20. The molecule has 0 spiro atoms. The molecule has 0 aromatic heterocycles. The standard InChI is InChI=1S/C30H27NO6/c1-17(2)36-30(35)21-10-7-11-23(16-21)31-26(19-8-5-4-6-9-19)25(28(33)29(31)34)27(32)20-12-13-24-22(15-20)14-18(3)37-24/h4-13,15-18,26,32H,14H2,1-3H3/b27-25-. The number of carbonyl (C=O) groups is 3. The zero-order chi connectivity index (χ0) is 26.3. The quantitative estimate of drug-likeness (QED) is 0.225. The van der Waals surface area contributed by atoms with E-state index >= 15 is 0 Å². The summed E-state index contributed by atoms with van der Waals surface area (Å²) >= 11 is 0. The average Bonchev–Trinajstić information content (AvgIpc) is 3.39. The Morgan fingerprint density at radius 2 is 1.76 bits per heavy atom. The summed E-state index contributed by atoms with van der Waals surface area (Å²) in [6.07, 6.45) is 0.402. The Kier molecular flexibility index (Phi) is 6.29. The number of ketones is 1. The van der Waals surface area contributed by atoms with E-state index in [0.717, 1.165) is 11.3 Å². The molecule has 0 radical (unpaired) electrons. The third-order valence-corrected chi connectivity index (χ3v) is 6.43. The number of ether oxygens (including phenoxy) is 2. The number of aliphatic hydroxyl groups is 1. The fourth-order valence-corrected chi connectivity index (χ4v) is 4.84. The summed E-state index contributed by atoms with van der Waals surface area (Å²) in [5, 5.41) is 11.4. The Hall–Kier alpha value is -4.39. The SMILES string of the molecule is CC(C)OC(=O)c1cccc(N2C(=O)C(=O)/C(=C(\O)c3ccc4c(c3)CC(C)O4)C2c2ccccc2)c1. The minimum Gasteiger partial charge on any atom is -0.507 e. The highest BCUT2D eigenvalue weighted by atomic mass is 16.5. The molecule has 37 heavy (non-hydrogen) atoms. The van der Waals surface area contributed by atoms with Gasteiger partial charge in [0, 0.05) is 17.7 Å². The van der Waals surface area contributed by atoms with Crippen LogP contribution in [0.2, 0.25) is 0 Å². The number of anilines is 1. The van der Waals surface area contributed by atoms with Gasteiger partial charge in [-0.3, -0.25) is 14.5 Å². The summed E-state index contributed by atoms with van der Waals surface area (Å²) < 4.78 is 11.1. The maximum absolute atomic E-state index is 13.4. The predicted molar refractivity (Wildman–Crippen MR) is 138 cm³/mol. The first kappa shape index (κ1) is 24.3. The van der Waals surface area contributed by atoms with Crippen LogP contribution in [-0.2, 0) is 20.7 Å². The number of esters is 1. The van der Waals surface area contributed by atoms with E-state index in [0.29, 0.717) is 23.2 Å². The largest absolute Gasteiger partial charge is 0.507 e. The highest BCUT2D eigenvalue weighted by Crippen LogP contribution is 2.43. The molecule has 1 saturated heterocycles. The molecule has 0 saturated carbocycles. The first-order chi connectivity index (χ1) is 17.7. The van der Waals surface area contributed by atoms with Crippen molar-refractivity contribution in [2.75, 3.05) is 4.90 Å². The van der Waals surface area contributed by atoms with Crippen LogP contribution in [0.3, 0.4) is 0 Å². The van der Waals surface area contributed by atoms with Crippen LogP contribution in [0.5, 0.6) is 5.75 Å². The molecule has 1 amide bonds. The summed E-state index contributed by atoms with van der Waals surface area (Å²) in [6.45, 7) is 5.47. The molecular weight excluding hydrogens is 470 g/mol. The Labute approximate surface area is 214 Å². The number of benzene rings is 3. The lowest BCUT2D eigenvalue weighted by atomic mass is 9.94. The lowest BCUT2D eigenvalue weighted by molar-refractivity contribution is -0.132. The van der Waals surface area contributed by atoms with Crippen molar-refractivity contribution >= 4 is 29.1 Å². The molecule has 0 bridgehead atoms. The molecule has 3 aromatic carbocycles. The topological polar surface area (TPSA) is 93.1 Å². The molecule has 0 aliphatic carbocycles.